The molecule has 86 valence electrons. The summed E-state index contributed by atoms with van der Waals surface area (Å²) in [5.41, 5.74) is 9.84. The molecule has 2 nitrogen and oxygen atoms in total. The molecular weight excluding hydrogens is 196 g/mol. The van der Waals surface area contributed by atoms with Crippen LogP contribution in [0, 0.1) is 5.41 Å². The van der Waals surface area contributed by atoms with Crippen LogP contribution in [-0.4, -0.2) is 6.54 Å². The Hall–Kier alpha value is -1.44. The maximum atomic E-state index is 6.21. The van der Waals surface area contributed by atoms with Gasteiger partial charge in [0.05, 0.1) is 5.70 Å². The van der Waals surface area contributed by atoms with E-state index in [1.165, 1.54) is 18.4 Å². The van der Waals surface area contributed by atoms with Crippen LogP contribution in [0.4, 0.5) is 0 Å². The van der Waals surface area contributed by atoms with Crippen molar-refractivity contribution < 1.29 is 0 Å². The van der Waals surface area contributed by atoms with Gasteiger partial charge in [0.1, 0.15) is 0 Å². The zero-order chi connectivity index (χ0) is 11.6. The third kappa shape index (κ3) is 1.80. The van der Waals surface area contributed by atoms with Crippen molar-refractivity contribution >= 4 is 0 Å². The second kappa shape index (κ2) is 4.20. The van der Waals surface area contributed by atoms with Gasteiger partial charge in [-0.05, 0) is 32.3 Å². The second-order valence-corrected chi connectivity index (χ2v) is 4.46. The third-order valence-corrected chi connectivity index (χ3v) is 3.25. The SMILES string of the molecule is C/C=C\C=C/C1=CC2(CC2)C(N)=C1NCC. The van der Waals surface area contributed by atoms with Crippen molar-refractivity contribution in [2.45, 2.75) is 26.7 Å². The Bertz CT molecular complexity index is 393. The van der Waals surface area contributed by atoms with Gasteiger partial charge in [-0.25, -0.2) is 0 Å². The molecule has 2 aliphatic rings. The molecule has 0 heterocycles. The van der Waals surface area contributed by atoms with Crippen molar-refractivity contribution in [1.82, 2.24) is 5.32 Å². The van der Waals surface area contributed by atoms with Gasteiger partial charge in [-0.2, -0.15) is 0 Å². The molecular formula is C14H20N2. The number of rotatable bonds is 4. The fourth-order valence-electron chi connectivity index (χ4n) is 2.18. The van der Waals surface area contributed by atoms with Crippen molar-refractivity contribution in [1.29, 1.82) is 0 Å². The molecule has 0 unspecified atom stereocenters. The Morgan fingerprint density at radius 1 is 1.44 bits per heavy atom. The first-order chi connectivity index (χ1) is 7.73. The molecule has 2 aliphatic carbocycles. The van der Waals surface area contributed by atoms with E-state index in [2.05, 4.69) is 30.5 Å². The van der Waals surface area contributed by atoms with Gasteiger partial charge in [-0.15, -0.1) is 0 Å². The molecule has 0 atom stereocenters. The molecule has 0 saturated heterocycles. The smallest absolute Gasteiger partial charge is 0.0610 e. The average molecular weight is 216 g/mol. The molecule has 1 saturated carbocycles. The summed E-state index contributed by atoms with van der Waals surface area (Å²) in [5.74, 6) is 0. The van der Waals surface area contributed by atoms with Gasteiger partial charge in [-0.3, -0.25) is 0 Å². The Balaban J connectivity index is 2.23. The zero-order valence-corrected chi connectivity index (χ0v) is 10.1. The Labute approximate surface area is 97.6 Å². The Morgan fingerprint density at radius 3 is 2.75 bits per heavy atom. The van der Waals surface area contributed by atoms with E-state index in [1.54, 1.807) is 0 Å². The van der Waals surface area contributed by atoms with Crippen LogP contribution in [0.2, 0.25) is 0 Å². The van der Waals surface area contributed by atoms with Crippen LogP contribution < -0.4 is 11.1 Å². The van der Waals surface area contributed by atoms with Gasteiger partial charge in [0.15, 0.2) is 0 Å². The molecule has 0 bridgehead atoms. The number of allylic oxidation sites excluding steroid dienone is 5. The number of hydrogen-bond donors (Lipinski definition) is 2. The predicted octanol–water partition coefficient (Wildman–Crippen LogP) is 2.62. The molecule has 1 fully saturated rings. The highest BCUT2D eigenvalue weighted by Gasteiger charge is 2.48. The normalized spacial score (nSPS) is 22.5. The zero-order valence-electron chi connectivity index (χ0n) is 10.1. The molecule has 2 heteroatoms. The minimum Gasteiger partial charge on any atom is -0.400 e. The van der Waals surface area contributed by atoms with E-state index < -0.39 is 0 Å². The second-order valence-electron chi connectivity index (χ2n) is 4.46. The minimum atomic E-state index is 0.201. The lowest BCUT2D eigenvalue weighted by molar-refractivity contribution is 0.759. The van der Waals surface area contributed by atoms with Gasteiger partial charge >= 0.3 is 0 Å². The van der Waals surface area contributed by atoms with Crippen molar-refractivity contribution in [3.05, 3.63) is 47.3 Å². The van der Waals surface area contributed by atoms with Gasteiger partial charge < -0.3 is 11.1 Å². The molecule has 2 rings (SSSR count). The van der Waals surface area contributed by atoms with Gasteiger partial charge in [0, 0.05) is 17.7 Å². The highest BCUT2D eigenvalue weighted by molar-refractivity contribution is 5.54. The molecule has 0 radical (unpaired) electrons. The van der Waals surface area contributed by atoms with E-state index in [0.29, 0.717) is 0 Å². The van der Waals surface area contributed by atoms with Gasteiger partial charge in [0.25, 0.3) is 0 Å². The first-order valence-corrected chi connectivity index (χ1v) is 6.00. The molecule has 3 N–H and O–H groups in total. The summed E-state index contributed by atoms with van der Waals surface area (Å²) in [6.45, 7) is 5.04. The summed E-state index contributed by atoms with van der Waals surface area (Å²) >= 11 is 0. The fourth-order valence-corrected chi connectivity index (χ4v) is 2.18. The maximum absolute atomic E-state index is 6.21. The fraction of sp³-hybridized carbons (Fsp3) is 0.429. The van der Waals surface area contributed by atoms with Crippen LogP contribution in [0.25, 0.3) is 0 Å². The van der Waals surface area contributed by atoms with Crippen LogP contribution in [0.15, 0.2) is 47.3 Å². The van der Waals surface area contributed by atoms with Crippen molar-refractivity contribution in [3.63, 3.8) is 0 Å². The van der Waals surface area contributed by atoms with Gasteiger partial charge in [-0.1, -0.05) is 30.4 Å². The topological polar surface area (TPSA) is 38.0 Å². The summed E-state index contributed by atoms with van der Waals surface area (Å²) < 4.78 is 0. The summed E-state index contributed by atoms with van der Waals surface area (Å²) in [6, 6.07) is 0. The quantitative estimate of drug-likeness (QED) is 0.709. The Kier molecular flexibility index (Phi) is 2.90. The van der Waals surface area contributed by atoms with Crippen LogP contribution in [0.1, 0.15) is 26.7 Å². The third-order valence-electron chi connectivity index (χ3n) is 3.25. The lowest BCUT2D eigenvalue weighted by atomic mass is 10.1. The molecule has 0 amide bonds. The lowest BCUT2D eigenvalue weighted by Gasteiger charge is -2.10. The molecule has 0 aromatic carbocycles. The maximum Gasteiger partial charge on any atom is 0.0610 e. The molecule has 0 aliphatic heterocycles. The van der Waals surface area contributed by atoms with Crippen LogP contribution >= 0.6 is 0 Å². The van der Waals surface area contributed by atoms with E-state index in [0.717, 1.165) is 17.9 Å². The van der Waals surface area contributed by atoms with Crippen LogP contribution in [-0.2, 0) is 0 Å². The van der Waals surface area contributed by atoms with Gasteiger partial charge in [0.2, 0.25) is 0 Å². The number of hydrogen-bond acceptors (Lipinski definition) is 2. The summed E-state index contributed by atoms with van der Waals surface area (Å²) in [7, 11) is 0. The number of nitrogens with one attached hydrogen (secondary N) is 1. The predicted molar refractivity (Wildman–Crippen MR) is 68.6 cm³/mol. The standard InChI is InChI=1S/C14H20N2/c1-3-5-6-7-11-10-14(8-9-14)13(15)12(11)16-4-2/h3,5-7,10,16H,4,8-9,15H2,1-2H3/b5-3-,7-6-. The highest BCUT2D eigenvalue weighted by Crippen LogP contribution is 2.56. The van der Waals surface area contributed by atoms with E-state index in [4.69, 9.17) is 5.73 Å². The highest BCUT2D eigenvalue weighted by atomic mass is 14.9. The van der Waals surface area contributed by atoms with Crippen molar-refractivity contribution in [2.75, 3.05) is 6.54 Å². The summed E-state index contributed by atoms with van der Waals surface area (Å²) in [5, 5.41) is 3.38. The van der Waals surface area contributed by atoms with E-state index >= 15 is 0 Å². The minimum absolute atomic E-state index is 0.201. The van der Waals surface area contributed by atoms with Crippen LogP contribution in [0.3, 0.4) is 0 Å². The van der Waals surface area contributed by atoms with Crippen molar-refractivity contribution in [2.24, 2.45) is 11.1 Å². The lowest BCUT2D eigenvalue weighted by Crippen LogP contribution is -2.19. The van der Waals surface area contributed by atoms with E-state index in [1.807, 2.05) is 19.1 Å². The first kappa shape index (κ1) is 11.1. The van der Waals surface area contributed by atoms with E-state index in [9.17, 15) is 0 Å². The molecule has 16 heavy (non-hydrogen) atoms. The molecule has 0 aromatic heterocycles. The van der Waals surface area contributed by atoms with Crippen LogP contribution in [0.5, 0.6) is 0 Å². The molecule has 0 aromatic rings. The largest absolute Gasteiger partial charge is 0.400 e. The average Bonchev–Trinajstić information content (AvgIpc) is 3.00. The molecule has 1 spiro atoms. The number of likely N-dealkylation sites (N-methyl/N-ethyl adjacent to an activating group) is 1. The monoisotopic (exact) mass is 216 g/mol. The first-order valence-electron chi connectivity index (χ1n) is 6.00. The Morgan fingerprint density at radius 2 is 2.19 bits per heavy atom. The summed E-state index contributed by atoms with van der Waals surface area (Å²) in [4.78, 5) is 0. The summed E-state index contributed by atoms with van der Waals surface area (Å²) in [6.07, 6.45) is 13.0. The van der Waals surface area contributed by atoms with Crippen molar-refractivity contribution in [3.8, 4) is 0 Å². The number of nitrogens with two attached hydrogens (primary N) is 1. The van der Waals surface area contributed by atoms with E-state index in [-0.39, 0.29) is 5.41 Å².